The molecule has 1 aliphatic rings. The number of benzene rings is 1. The highest BCUT2D eigenvalue weighted by molar-refractivity contribution is 9.10. The van der Waals surface area contributed by atoms with Gasteiger partial charge in [0.25, 0.3) is 11.6 Å². The Hall–Kier alpha value is -2.16. The lowest BCUT2D eigenvalue weighted by Crippen LogP contribution is -2.50. The van der Waals surface area contributed by atoms with E-state index in [0.717, 1.165) is 12.8 Å². The molecule has 0 spiro atoms. The van der Waals surface area contributed by atoms with Crippen LogP contribution in [0.5, 0.6) is 0 Å². The van der Waals surface area contributed by atoms with Gasteiger partial charge in [0, 0.05) is 25.2 Å². The Balaban J connectivity index is 2.04. The fraction of sp³-hybridized carbons (Fsp3) is 0.529. The molecule has 9 heteroatoms. The van der Waals surface area contributed by atoms with Gasteiger partial charge in [-0.25, -0.2) is 4.79 Å². The van der Waals surface area contributed by atoms with Crippen LogP contribution in [-0.4, -0.2) is 46.6 Å². The molecule has 0 radical (unpaired) electrons. The smallest absolute Gasteiger partial charge is 0.410 e. The van der Waals surface area contributed by atoms with Crippen molar-refractivity contribution in [2.24, 2.45) is 0 Å². The van der Waals surface area contributed by atoms with Crippen LogP contribution in [0, 0.1) is 10.1 Å². The molecule has 0 aliphatic carbocycles. The summed E-state index contributed by atoms with van der Waals surface area (Å²) in [5, 5.41) is 13.9. The van der Waals surface area contributed by atoms with Crippen molar-refractivity contribution >= 4 is 33.6 Å². The van der Waals surface area contributed by atoms with Crippen molar-refractivity contribution in [3.05, 3.63) is 38.3 Å². The number of carbonyl (C=O) groups is 2. The first-order valence-corrected chi connectivity index (χ1v) is 9.09. The van der Waals surface area contributed by atoms with E-state index >= 15 is 0 Å². The number of nitrogens with zero attached hydrogens (tertiary/aromatic N) is 2. The minimum atomic E-state index is -0.582. The van der Waals surface area contributed by atoms with Crippen LogP contribution in [0.3, 0.4) is 0 Å². The van der Waals surface area contributed by atoms with Crippen LogP contribution in [0.15, 0.2) is 22.7 Å². The number of rotatable bonds is 3. The first-order chi connectivity index (χ1) is 12.1. The average Bonchev–Trinajstić information content (AvgIpc) is 2.53. The topological polar surface area (TPSA) is 102 Å². The van der Waals surface area contributed by atoms with Crippen molar-refractivity contribution in [2.45, 2.75) is 45.3 Å². The zero-order chi connectivity index (χ0) is 19.5. The van der Waals surface area contributed by atoms with Crippen molar-refractivity contribution < 1.29 is 19.2 Å². The number of nitro benzene ring substituents is 1. The lowest BCUT2D eigenvalue weighted by Gasteiger charge is -2.34. The van der Waals surface area contributed by atoms with Gasteiger partial charge in [0.2, 0.25) is 0 Å². The molecule has 0 aromatic heterocycles. The summed E-state index contributed by atoms with van der Waals surface area (Å²) in [4.78, 5) is 36.7. The van der Waals surface area contributed by atoms with E-state index in [1.807, 2.05) is 0 Å². The number of hydrogen-bond acceptors (Lipinski definition) is 5. The maximum absolute atomic E-state index is 12.5. The maximum atomic E-state index is 12.5. The van der Waals surface area contributed by atoms with Crippen molar-refractivity contribution in [2.75, 3.05) is 13.1 Å². The van der Waals surface area contributed by atoms with Crippen molar-refractivity contribution in [3.8, 4) is 0 Å². The molecule has 0 saturated carbocycles. The van der Waals surface area contributed by atoms with E-state index in [2.05, 4.69) is 21.2 Å². The second-order valence-electron chi connectivity index (χ2n) is 7.13. The summed E-state index contributed by atoms with van der Waals surface area (Å²) >= 11 is 3.13. The fourth-order valence-electron chi connectivity index (χ4n) is 2.69. The van der Waals surface area contributed by atoms with Gasteiger partial charge in [-0.2, -0.15) is 0 Å². The molecule has 1 unspecified atom stereocenters. The summed E-state index contributed by atoms with van der Waals surface area (Å²) in [7, 11) is 0. The van der Waals surface area contributed by atoms with Crippen LogP contribution in [0.1, 0.15) is 44.0 Å². The van der Waals surface area contributed by atoms with E-state index in [9.17, 15) is 19.7 Å². The summed E-state index contributed by atoms with van der Waals surface area (Å²) in [5.74, 6) is -0.420. The molecular formula is C17H22BrN3O5. The zero-order valence-corrected chi connectivity index (χ0v) is 16.5. The minimum Gasteiger partial charge on any atom is -0.444 e. The molecule has 1 aromatic carbocycles. The van der Waals surface area contributed by atoms with Gasteiger partial charge in [-0.05, 0) is 55.6 Å². The monoisotopic (exact) mass is 427 g/mol. The van der Waals surface area contributed by atoms with Gasteiger partial charge in [-0.15, -0.1) is 0 Å². The van der Waals surface area contributed by atoms with Crippen LogP contribution < -0.4 is 5.32 Å². The largest absolute Gasteiger partial charge is 0.444 e. The number of carbonyl (C=O) groups excluding carboxylic acids is 2. The lowest BCUT2D eigenvalue weighted by molar-refractivity contribution is -0.385. The highest BCUT2D eigenvalue weighted by Gasteiger charge is 2.29. The number of hydrogen-bond donors (Lipinski definition) is 1. The number of amides is 2. The Bertz CT molecular complexity index is 717. The van der Waals surface area contributed by atoms with Gasteiger partial charge in [0.05, 0.1) is 10.5 Å². The number of ether oxygens (including phenoxy) is 1. The summed E-state index contributed by atoms with van der Waals surface area (Å²) in [5.41, 5.74) is -0.563. The van der Waals surface area contributed by atoms with Gasteiger partial charge in [-0.3, -0.25) is 14.9 Å². The van der Waals surface area contributed by atoms with E-state index in [4.69, 9.17) is 4.74 Å². The molecule has 2 amide bonds. The number of nitrogens with one attached hydrogen (secondary N) is 1. The van der Waals surface area contributed by atoms with Crippen molar-refractivity contribution in [1.29, 1.82) is 0 Å². The molecule has 1 N–H and O–H groups in total. The van der Waals surface area contributed by atoms with Gasteiger partial charge >= 0.3 is 6.09 Å². The molecule has 142 valence electrons. The van der Waals surface area contributed by atoms with Gasteiger partial charge in [0.1, 0.15) is 10.1 Å². The van der Waals surface area contributed by atoms with Crippen LogP contribution in [0.2, 0.25) is 0 Å². The molecule has 1 aromatic rings. The third-order valence-corrected chi connectivity index (χ3v) is 4.66. The van der Waals surface area contributed by atoms with Gasteiger partial charge in [0.15, 0.2) is 0 Å². The Morgan fingerprint density at radius 3 is 2.69 bits per heavy atom. The molecule has 1 fully saturated rings. The first kappa shape index (κ1) is 20.2. The number of nitro groups is 1. The standard InChI is InChI=1S/C17H22BrN3O5/c1-17(2,3)26-16(23)20-9-5-6-11(10-20)19-15(22)12-7-4-8-13(14(12)18)21(24)25/h4,7-8,11H,5-6,9-10H2,1-3H3,(H,19,22). The Labute approximate surface area is 160 Å². The summed E-state index contributed by atoms with van der Waals surface area (Å²) < 4.78 is 5.51. The molecular weight excluding hydrogens is 406 g/mol. The quantitative estimate of drug-likeness (QED) is 0.587. The van der Waals surface area contributed by atoms with Crippen molar-refractivity contribution in [3.63, 3.8) is 0 Å². The Morgan fingerprint density at radius 1 is 1.38 bits per heavy atom. The van der Waals surface area contributed by atoms with Crippen LogP contribution in [0.25, 0.3) is 0 Å². The summed E-state index contributed by atoms with van der Waals surface area (Å²) in [6.45, 7) is 6.31. The maximum Gasteiger partial charge on any atom is 0.410 e. The second-order valence-corrected chi connectivity index (χ2v) is 7.93. The molecule has 2 rings (SSSR count). The SMILES string of the molecule is CC(C)(C)OC(=O)N1CCCC(NC(=O)c2cccc([N+](=O)[O-])c2Br)C1. The lowest BCUT2D eigenvalue weighted by atomic mass is 10.1. The third kappa shape index (κ3) is 5.17. The molecule has 26 heavy (non-hydrogen) atoms. The van der Waals surface area contributed by atoms with Crippen LogP contribution in [-0.2, 0) is 4.74 Å². The number of piperidine rings is 1. The summed E-state index contributed by atoms with van der Waals surface area (Å²) in [6.07, 6.45) is 1.05. The number of halogens is 1. The van der Waals surface area contributed by atoms with E-state index < -0.39 is 22.5 Å². The zero-order valence-electron chi connectivity index (χ0n) is 15.0. The van der Waals surface area contributed by atoms with Crippen LogP contribution >= 0.6 is 15.9 Å². The molecule has 8 nitrogen and oxygen atoms in total. The predicted molar refractivity (Wildman–Crippen MR) is 99.1 cm³/mol. The summed E-state index contributed by atoms with van der Waals surface area (Å²) in [6, 6.07) is 4.06. The molecule has 0 bridgehead atoms. The highest BCUT2D eigenvalue weighted by atomic mass is 79.9. The second kappa shape index (κ2) is 8.03. The molecule has 1 saturated heterocycles. The molecule has 1 aliphatic heterocycles. The average molecular weight is 428 g/mol. The molecule has 1 heterocycles. The number of likely N-dealkylation sites (tertiary alicyclic amines) is 1. The predicted octanol–water partition coefficient (Wildman–Crippen LogP) is 3.49. The fourth-order valence-corrected chi connectivity index (χ4v) is 3.28. The van der Waals surface area contributed by atoms with E-state index in [1.54, 1.807) is 25.7 Å². The van der Waals surface area contributed by atoms with Gasteiger partial charge < -0.3 is 15.0 Å². The van der Waals surface area contributed by atoms with Gasteiger partial charge in [-0.1, -0.05) is 6.07 Å². The van der Waals surface area contributed by atoms with E-state index in [-0.39, 0.29) is 21.8 Å². The van der Waals surface area contributed by atoms with Crippen LogP contribution in [0.4, 0.5) is 10.5 Å². The minimum absolute atomic E-state index is 0.141. The van der Waals surface area contributed by atoms with E-state index in [1.165, 1.54) is 18.2 Å². The molecule has 1 atom stereocenters. The van der Waals surface area contributed by atoms with E-state index in [0.29, 0.717) is 13.1 Å². The third-order valence-electron chi connectivity index (χ3n) is 3.83. The Kier molecular flexibility index (Phi) is 6.22. The first-order valence-electron chi connectivity index (χ1n) is 8.30. The Morgan fingerprint density at radius 2 is 2.08 bits per heavy atom. The normalized spacial score (nSPS) is 17.5. The highest BCUT2D eigenvalue weighted by Crippen LogP contribution is 2.28. The van der Waals surface area contributed by atoms with Crippen molar-refractivity contribution in [1.82, 2.24) is 10.2 Å².